The Hall–Kier alpha value is -3.25. The quantitative estimate of drug-likeness (QED) is 0.589. The molecule has 0 unspecified atom stereocenters. The predicted molar refractivity (Wildman–Crippen MR) is 98.8 cm³/mol. The lowest BCUT2D eigenvalue weighted by atomic mass is 10.0. The lowest BCUT2D eigenvalue weighted by molar-refractivity contribution is 0.102. The van der Waals surface area contributed by atoms with E-state index in [9.17, 15) is 4.79 Å². The Bertz CT molecular complexity index is 1000. The van der Waals surface area contributed by atoms with Gasteiger partial charge >= 0.3 is 0 Å². The molecular formula is C18H14ClN5O. The molecule has 3 heterocycles. The smallest absolute Gasteiger partial charge is 0.276 e. The van der Waals surface area contributed by atoms with Crippen LogP contribution in [0.15, 0.2) is 67.3 Å². The Labute approximate surface area is 149 Å². The Kier molecular flexibility index (Phi) is 4.72. The van der Waals surface area contributed by atoms with Crippen LogP contribution in [-0.4, -0.2) is 26.1 Å². The van der Waals surface area contributed by atoms with Crippen LogP contribution in [0.4, 0.5) is 5.69 Å². The molecule has 2 N–H and O–H groups in total. The fourth-order valence-electron chi connectivity index (χ4n) is 2.53. The van der Waals surface area contributed by atoms with E-state index in [2.05, 4.69) is 25.5 Å². The van der Waals surface area contributed by atoms with E-state index in [1.807, 2.05) is 30.3 Å². The molecule has 4 aromatic rings. The molecule has 25 heavy (non-hydrogen) atoms. The van der Waals surface area contributed by atoms with Crippen LogP contribution < -0.4 is 5.32 Å². The van der Waals surface area contributed by atoms with E-state index in [0.717, 1.165) is 22.0 Å². The standard InChI is InChI=1S/C18H13N5O.ClH/c24-18(21-14-5-8-19-9-6-14)17-15-10-12(3-4-16(15)22-23-17)13-2-1-7-20-11-13;/h1-11H,(H,22,23)(H,19,21,24);1H. The number of carbonyl (C=O) groups excluding carboxylic acids is 1. The van der Waals surface area contributed by atoms with E-state index < -0.39 is 0 Å². The first-order valence-electron chi connectivity index (χ1n) is 7.41. The number of halogens is 1. The zero-order valence-electron chi connectivity index (χ0n) is 13.0. The average Bonchev–Trinajstić information content (AvgIpc) is 3.06. The number of aromatic nitrogens is 4. The molecule has 0 spiro atoms. The number of anilines is 1. The SMILES string of the molecule is Cl.O=C(Nc1ccncc1)c1n[nH]c2ccc(-c3cccnc3)cc12. The normalized spacial score (nSPS) is 10.2. The molecule has 0 aliphatic heterocycles. The van der Waals surface area contributed by atoms with Gasteiger partial charge in [-0.25, -0.2) is 0 Å². The van der Waals surface area contributed by atoms with Crippen LogP contribution in [0.1, 0.15) is 10.5 Å². The molecule has 1 aromatic carbocycles. The highest BCUT2D eigenvalue weighted by Crippen LogP contribution is 2.25. The van der Waals surface area contributed by atoms with Gasteiger partial charge in [-0.1, -0.05) is 12.1 Å². The molecule has 6 nitrogen and oxygen atoms in total. The number of carbonyl (C=O) groups is 1. The van der Waals surface area contributed by atoms with Crippen molar-refractivity contribution in [2.24, 2.45) is 0 Å². The molecule has 4 rings (SSSR count). The van der Waals surface area contributed by atoms with Crippen molar-refractivity contribution in [1.82, 2.24) is 20.2 Å². The summed E-state index contributed by atoms with van der Waals surface area (Å²) in [6.45, 7) is 0. The van der Waals surface area contributed by atoms with Crippen molar-refractivity contribution < 1.29 is 4.79 Å². The number of nitrogens with one attached hydrogen (secondary N) is 2. The van der Waals surface area contributed by atoms with Crippen molar-refractivity contribution in [3.8, 4) is 11.1 Å². The third-order valence-electron chi connectivity index (χ3n) is 3.71. The van der Waals surface area contributed by atoms with E-state index in [-0.39, 0.29) is 18.3 Å². The largest absolute Gasteiger partial charge is 0.320 e. The Morgan fingerprint density at radius 1 is 0.960 bits per heavy atom. The van der Waals surface area contributed by atoms with Crippen molar-refractivity contribution in [3.05, 3.63) is 72.9 Å². The number of hydrogen-bond donors (Lipinski definition) is 2. The van der Waals surface area contributed by atoms with E-state index in [1.54, 1.807) is 36.9 Å². The van der Waals surface area contributed by atoms with Gasteiger partial charge in [-0.3, -0.25) is 19.9 Å². The second-order valence-electron chi connectivity index (χ2n) is 5.26. The summed E-state index contributed by atoms with van der Waals surface area (Å²) < 4.78 is 0. The zero-order valence-corrected chi connectivity index (χ0v) is 13.8. The average molecular weight is 352 g/mol. The monoisotopic (exact) mass is 351 g/mol. The molecule has 0 bridgehead atoms. The van der Waals surface area contributed by atoms with E-state index in [0.29, 0.717) is 11.4 Å². The Balaban J connectivity index is 0.00000182. The summed E-state index contributed by atoms with van der Waals surface area (Å²) in [5.74, 6) is -0.268. The van der Waals surface area contributed by atoms with Crippen molar-refractivity contribution in [1.29, 1.82) is 0 Å². The number of aromatic amines is 1. The molecule has 0 saturated heterocycles. The van der Waals surface area contributed by atoms with Crippen molar-refractivity contribution in [3.63, 3.8) is 0 Å². The predicted octanol–water partition coefficient (Wildman–Crippen LogP) is 3.69. The molecule has 124 valence electrons. The highest BCUT2D eigenvalue weighted by molar-refractivity contribution is 6.11. The van der Waals surface area contributed by atoms with Crippen LogP contribution in [0, 0.1) is 0 Å². The molecule has 3 aromatic heterocycles. The Morgan fingerprint density at radius 2 is 1.80 bits per heavy atom. The molecule has 0 aliphatic carbocycles. The van der Waals surface area contributed by atoms with Crippen LogP contribution in [0.3, 0.4) is 0 Å². The molecule has 0 aliphatic rings. The number of amides is 1. The summed E-state index contributed by atoms with van der Waals surface area (Å²) in [6, 6.07) is 13.1. The summed E-state index contributed by atoms with van der Waals surface area (Å²) in [6.07, 6.45) is 6.77. The highest BCUT2D eigenvalue weighted by Gasteiger charge is 2.15. The molecular weight excluding hydrogens is 338 g/mol. The van der Waals surface area contributed by atoms with Crippen molar-refractivity contribution >= 4 is 34.9 Å². The second-order valence-corrected chi connectivity index (χ2v) is 5.26. The van der Waals surface area contributed by atoms with Gasteiger partial charge < -0.3 is 5.32 Å². The lowest BCUT2D eigenvalue weighted by Crippen LogP contribution is -2.12. The van der Waals surface area contributed by atoms with Gasteiger partial charge in [0.1, 0.15) is 0 Å². The third-order valence-corrected chi connectivity index (χ3v) is 3.71. The topological polar surface area (TPSA) is 83.6 Å². The summed E-state index contributed by atoms with van der Waals surface area (Å²) in [4.78, 5) is 20.6. The highest BCUT2D eigenvalue weighted by atomic mass is 35.5. The van der Waals surface area contributed by atoms with Gasteiger partial charge in [-0.15, -0.1) is 12.4 Å². The first-order chi connectivity index (χ1) is 11.8. The molecule has 1 amide bonds. The minimum atomic E-state index is -0.268. The van der Waals surface area contributed by atoms with Gasteiger partial charge in [-0.2, -0.15) is 5.10 Å². The number of benzene rings is 1. The number of fused-ring (bicyclic) bond motifs is 1. The van der Waals surface area contributed by atoms with Gasteiger partial charge in [0.2, 0.25) is 0 Å². The number of rotatable bonds is 3. The number of nitrogens with zero attached hydrogens (tertiary/aromatic N) is 3. The fourth-order valence-corrected chi connectivity index (χ4v) is 2.53. The van der Waals surface area contributed by atoms with Gasteiger partial charge in [-0.05, 0) is 35.9 Å². The lowest BCUT2D eigenvalue weighted by Gasteiger charge is -2.04. The van der Waals surface area contributed by atoms with Crippen LogP contribution in [-0.2, 0) is 0 Å². The summed E-state index contributed by atoms with van der Waals surface area (Å²) in [7, 11) is 0. The maximum absolute atomic E-state index is 12.5. The van der Waals surface area contributed by atoms with Crippen LogP contribution >= 0.6 is 12.4 Å². The number of hydrogen-bond acceptors (Lipinski definition) is 4. The maximum Gasteiger partial charge on any atom is 0.276 e. The van der Waals surface area contributed by atoms with E-state index in [1.165, 1.54) is 0 Å². The summed E-state index contributed by atoms with van der Waals surface area (Å²) >= 11 is 0. The fraction of sp³-hybridized carbons (Fsp3) is 0. The van der Waals surface area contributed by atoms with Crippen molar-refractivity contribution in [2.45, 2.75) is 0 Å². The second kappa shape index (κ2) is 7.11. The molecule has 0 fully saturated rings. The van der Waals surface area contributed by atoms with Gasteiger partial charge in [0.05, 0.1) is 5.52 Å². The van der Waals surface area contributed by atoms with Crippen molar-refractivity contribution in [2.75, 3.05) is 5.32 Å². The number of H-pyrrole nitrogens is 1. The van der Waals surface area contributed by atoms with Crippen LogP contribution in [0.2, 0.25) is 0 Å². The van der Waals surface area contributed by atoms with E-state index in [4.69, 9.17) is 0 Å². The number of pyridine rings is 2. The van der Waals surface area contributed by atoms with E-state index >= 15 is 0 Å². The zero-order chi connectivity index (χ0) is 16.4. The van der Waals surface area contributed by atoms with Crippen LogP contribution in [0.25, 0.3) is 22.0 Å². The molecule has 7 heteroatoms. The molecule has 0 radical (unpaired) electrons. The Morgan fingerprint density at radius 3 is 2.56 bits per heavy atom. The first-order valence-corrected chi connectivity index (χ1v) is 7.41. The first kappa shape index (κ1) is 16.6. The van der Waals surface area contributed by atoms with Crippen LogP contribution in [0.5, 0.6) is 0 Å². The molecule has 0 atom stereocenters. The third kappa shape index (κ3) is 3.34. The summed E-state index contributed by atoms with van der Waals surface area (Å²) in [5.41, 5.74) is 3.81. The van der Waals surface area contributed by atoms with Gasteiger partial charge in [0, 0.05) is 41.4 Å². The summed E-state index contributed by atoms with van der Waals surface area (Å²) in [5, 5.41) is 10.6. The van der Waals surface area contributed by atoms with Gasteiger partial charge in [0.25, 0.3) is 5.91 Å². The maximum atomic E-state index is 12.5. The minimum absolute atomic E-state index is 0. The minimum Gasteiger partial charge on any atom is -0.320 e. The molecule has 0 saturated carbocycles. The van der Waals surface area contributed by atoms with Gasteiger partial charge in [0.15, 0.2) is 5.69 Å².